The standard InChI is InChI=1S/C22H46O/c1-5-9-13-15-17-21-23-22(18-11-7-3,19-12-8-4)20-16-14-10-6-2/h5-21H2,1-4H3. The molecule has 0 aromatic heterocycles. The van der Waals surface area contributed by atoms with E-state index >= 15 is 0 Å². The summed E-state index contributed by atoms with van der Waals surface area (Å²) in [6.07, 6.45) is 21.3. The molecule has 1 nitrogen and oxygen atoms in total. The van der Waals surface area contributed by atoms with E-state index in [-0.39, 0.29) is 5.60 Å². The van der Waals surface area contributed by atoms with Crippen LogP contribution >= 0.6 is 0 Å². The first-order valence-corrected chi connectivity index (χ1v) is 10.9. The fourth-order valence-corrected chi connectivity index (χ4v) is 3.46. The summed E-state index contributed by atoms with van der Waals surface area (Å²) in [5.74, 6) is 0. The average molecular weight is 327 g/mol. The third-order valence-corrected chi connectivity index (χ3v) is 5.11. The highest BCUT2D eigenvalue weighted by Crippen LogP contribution is 2.32. The van der Waals surface area contributed by atoms with Crippen molar-refractivity contribution in [1.82, 2.24) is 0 Å². The molecule has 0 heterocycles. The predicted octanol–water partition coefficient (Wildman–Crippen LogP) is 8.06. The lowest BCUT2D eigenvalue weighted by Gasteiger charge is -2.35. The van der Waals surface area contributed by atoms with Gasteiger partial charge >= 0.3 is 0 Å². The van der Waals surface area contributed by atoms with Gasteiger partial charge in [0.05, 0.1) is 5.60 Å². The minimum absolute atomic E-state index is 0.199. The molecule has 0 radical (unpaired) electrons. The van der Waals surface area contributed by atoms with Gasteiger partial charge in [-0.2, -0.15) is 0 Å². The van der Waals surface area contributed by atoms with Crippen LogP contribution < -0.4 is 0 Å². The first kappa shape index (κ1) is 23.0. The van der Waals surface area contributed by atoms with Gasteiger partial charge in [0.2, 0.25) is 0 Å². The predicted molar refractivity (Wildman–Crippen MR) is 105 cm³/mol. The van der Waals surface area contributed by atoms with E-state index in [1.165, 1.54) is 103 Å². The van der Waals surface area contributed by atoms with Crippen molar-refractivity contribution in [1.29, 1.82) is 0 Å². The van der Waals surface area contributed by atoms with Gasteiger partial charge < -0.3 is 4.74 Å². The quantitative estimate of drug-likeness (QED) is 0.231. The van der Waals surface area contributed by atoms with Crippen LogP contribution in [-0.4, -0.2) is 12.2 Å². The SMILES string of the molecule is CCCCCCCOC(CCCC)(CCCC)CCCCCC. The van der Waals surface area contributed by atoms with Gasteiger partial charge in [0.15, 0.2) is 0 Å². The van der Waals surface area contributed by atoms with Gasteiger partial charge in [-0.3, -0.25) is 0 Å². The van der Waals surface area contributed by atoms with Gasteiger partial charge in [-0.05, 0) is 25.7 Å². The van der Waals surface area contributed by atoms with Crippen molar-refractivity contribution < 1.29 is 4.74 Å². The molecule has 0 aliphatic rings. The van der Waals surface area contributed by atoms with E-state index in [2.05, 4.69) is 27.7 Å². The van der Waals surface area contributed by atoms with E-state index < -0.39 is 0 Å². The van der Waals surface area contributed by atoms with E-state index in [9.17, 15) is 0 Å². The first-order chi connectivity index (χ1) is 11.2. The topological polar surface area (TPSA) is 9.23 Å². The maximum Gasteiger partial charge on any atom is 0.0682 e. The van der Waals surface area contributed by atoms with Crippen LogP contribution in [0.1, 0.15) is 130 Å². The molecule has 0 rings (SSSR count). The summed E-state index contributed by atoms with van der Waals surface area (Å²) >= 11 is 0. The second-order valence-corrected chi connectivity index (χ2v) is 7.46. The van der Waals surface area contributed by atoms with Gasteiger partial charge in [0.1, 0.15) is 0 Å². The molecule has 140 valence electrons. The van der Waals surface area contributed by atoms with Crippen molar-refractivity contribution in [3.05, 3.63) is 0 Å². The van der Waals surface area contributed by atoms with E-state index in [1.54, 1.807) is 0 Å². The van der Waals surface area contributed by atoms with Crippen LogP contribution in [0, 0.1) is 0 Å². The van der Waals surface area contributed by atoms with Gasteiger partial charge in [-0.1, -0.05) is 105 Å². The Morgan fingerprint density at radius 3 is 1.43 bits per heavy atom. The van der Waals surface area contributed by atoms with Crippen molar-refractivity contribution in [2.24, 2.45) is 0 Å². The minimum atomic E-state index is 0.199. The molecule has 0 saturated carbocycles. The van der Waals surface area contributed by atoms with Crippen LogP contribution in [0.15, 0.2) is 0 Å². The largest absolute Gasteiger partial charge is 0.375 e. The summed E-state index contributed by atoms with van der Waals surface area (Å²) in [6.45, 7) is 10.2. The fraction of sp³-hybridized carbons (Fsp3) is 1.00. The van der Waals surface area contributed by atoms with Crippen LogP contribution in [0.4, 0.5) is 0 Å². The first-order valence-electron chi connectivity index (χ1n) is 10.9. The Labute approximate surface area is 148 Å². The van der Waals surface area contributed by atoms with Crippen LogP contribution in [0.25, 0.3) is 0 Å². The van der Waals surface area contributed by atoms with Gasteiger partial charge in [0.25, 0.3) is 0 Å². The number of ether oxygens (including phenoxy) is 1. The summed E-state index contributed by atoms with van der Waals surface area (Å²) in [5.41, 5.74) is 0.199. The summed E-state index contributed by atoms with van der Waals surface area (Å²) in [6, 6.07) is 0. The minimum Gasteiger partial charge on any atom is -0.375 e. The molecule has 1 heteroatoms. The summed E-state index contributed by atoms with van der Waals surface area (Å²) in [5, 5.41) is 0. The molecule has 0 atom stereocenters. The second-order valence-electron chi connectivity index (χ2n) is 7.46. The normalized spacial score (nSPS) is 12.0. The highest BCUT2D eigenvalue weighted by Gasteiger charge is 2.29. The lowest BCUT2D eigenvalue weighted by atomic mass is 9.85. The molecule has 0 bridgehead atoms. The van der Waals surface area contributed by atoms with Crippen molar-refractivity contribution in [3.8, 4) is 0 Å². The lowest BCUT2D eigenvalue weighted by Crippen LogP contribution is -2.33. The molecular formula is C22H46O. The van der Waals surface area contributed by atoms with E-state index in [0.29, 0.717) is 0 Å². The molecule has 0 unspecified atom stereocenters. The number of rotatable bonds is 18. The Kier molecular flexibility index (Phi) is 16.8. The highest BCUT2D eigenvalue weighted by atomic mass is 16.5. The molecule has 0 aliphatic heterocycles. The summed E-state index contributed by atoms with van der Waals surface area (Å²) in [4.78, 5) is 0. The Morgan fingerprint density at radius 1 is 0.478 bits per heavy atom. The third kappa shape index (κ3) is 13.0. The smallest absolute Gasteiger partial charge is 0.0682 e. The third-order valence-electron chi connectivity index (χ3n) is 5.11. The van der Waals surface area contributed by atoms with Gasteiger partial charge in [-0.15, -0.1) is 0 Å². The van der Waals surface area contributed by atoms with E-state index in [0.717, 1.165) is 6.61 Å². The molecule has 0 aromatic rings. The molecular weight excluding hydrogens is 280 g/mol. The van der Waals surface area contributed by atoms with Gasteiger partial charge in [-0.25, -0.2) is 0 Å². The average Bonchev–Trinajstić information content (AvgIpc) is 2.57. The fourth-order valence-electron chi connectivity index (χ4n) is 3.46. The Hall–Kier alpha value is -0.0400. The molecule has 0 amide bonds. The number of hydrogen-bond acceptors (Lipinski definition) is 1. The Balaban J connectivity index is 4.37. The van der Waals surface area contributed by atoms with Crippen LogP contribution in [0.5, 0.6) is 0 Å². The van der Waals surface area contributed by atoms with Crippen LogP contribution in [0.2, 0.25) is 0 Å². The van der Waals surface area contributed by atoms with E-state index in [4.69, 9.17) is 4.74 Å². The molecule has 0 N–H and O–H groups in total. The maximum atomic E-state index is 6.59. The molecule has 0 saturated heterocycles. The van der Waals surface area contributed by atoms with Crippen molar-refractivity contribution in [2.45, 2.75) is 136 Å². The number of unbranched alkanes of at least 4 members (excludes halogenated alkanes) is 9. The Bertz CT molecular complexity index is 216. The summed E-state index contributed by atoms with van der Waals surface area (Å²) in [7, 11) is 0. The number of hydrogen-bond donors (Lipinski definition) is 0. The molecule has 0 spiro atoms. The van der Waals surface area contributed by atoms with Crippen LogP contribution in [0.3, 0.4) is 0 Å². The monoisotopic (exact) mass is 326 g/mol. The molecule has 0 fully saturated rings. The van der Waals surface area contributed by atoms with Crippen molar-refractivity contribution >= 4 is 0 Å². The zero-order valence-electron chi connectivity index (χ0n) is 16.9. The molecule has 23 heavy (non-hydrogen) atoms. The zero-order valence-corrected chi connectivity index (χ0v) is 16.9. The van der Waals surface area contributed by atoms with E-state index in [1.807, 2.05) is 0 Å². The molecule has 0 aliphatic carbocycles. The second kappa shape index (κ2) is 16.8. The van der Waals surface area contributed by atoms with Crippen molar-refractivity contribution in [3.63, 3.8) is 0 Å². The van der Waals surface area contributed by atoms with Gasteiger partial charge in [0, 0.05) is 6.61 Å². The summed E-state index contributed by atoms with van der Waals surface area (Å²) < 4.78 is 6.59. The highest BCUT2D eigenvalue weighted by molar-refractivity contribution is 4.81. The zero-order chi connectivity index (χ0) is 17.2. The maximum absolute atomic E-state index is 6.59. The Morgan fingerprint density at radius 2 is 0.913 bits per heavy atom. The van der Waals surface area contributed by atoms with Crippen LogP contribution in [-0.2, 0) is 4.74 Å². The molecule has 0 aromatic carbocycles. The van der Waals surface area contributed by atoms with Crippen molar-refractivity contribution in [2.75, 3.05) is 6.61 Å². The lowest BCUT2D eigenvalue weighted by molar-refractivity contribution is -0.0689.